The lowest BCUT2D eigenvalue weighted by molar-refractivity contribution is 0.424. The maximum Gasteiger partial charge on any atom is 0.262 e. The van der Waals surface area contributed by atoms with Gasteiger partial charge in [0.15, 0.2) is 0 Å². The van der Waals surface area contributed by atoms with Crippen LogP contribution in [-0.2, 0) is 0 Å². The van der Waals surface area contributed by atoms with Gasteiger partial charge in [0, 0.05) is 6.07 Å². The van der Waals surface area contributed by atoms with Crippen molar-refractivity contribution in [3.05, 3.63) is 42.1 Å². The number of phenolic OH excluding ortho intramolecular Hbond substituents is 1. The molecule has 0 amide bonds. The fourth-order valence-corrected chi connectivity index (χ4v) is 1.74. The zero-order valence-electron chi connectivity index (χ0n) is 9.92. The molecule has 0 saturated carbocycles. The molecule has 19 heavy (non-hydrogen) atoms. The lowest BCUT2D eigenvalue weighted by Crippen LogP contribution is -1.83. The molecule has 3 rings (SSSR count). The SMILES string of the molecule is Cc1occc1-c1noc(-c2ccc(F)cc2O)n1. The Balaban J connectivity index is 2.04. The highest BCUT2D eigenvalue weighted by Gasteiger charge is 2.16. The van der Waals surface area contributed by atoms with Gasteiger partial charge in [0.2, 0.25) is 5.82 Å². The average molecular weight is 260 g/mol. The zero-order valence-corrected chi connectivity index (χ0v) is 9.92. The minimum Gasteiger partial charge on any atom is -0.507 e. The highest BCUT2D eigenvalue weighted by Crippen LogP contribution is 2.30. The number of aromatic nitrogens is 2. The molecule has 0 bridgehead atoms. The minimum absolute atomic E-state index is 0.119. The molecule has 1 aromatic carbocycles. The molecule has 0 radical (unpaired) electrons. The van der Waals surface area contributed by atoms with Crippen LogP contribution in [0, 0.1) is 12.7 Å². The van der Waals surface area contributed by atoms with Crippen molar-refractivity contribution in [3.8, 4) is 28.6 Å². The van der Waals surface area contributed by atoms with Crippen LogP contribution in [0.3, 0.4) is 0 Å². The molecule has 5 nitrogen and oxygen atoms in total. The first-order valence-corrected chi connectivity index (χ1v) is 5.52. The van der Waals surface area contributed by atoms with Crippen molar-refractivity contribution in [1.82, 2.24) is 10.1 Å². The van der Waals surface area contributed by atoms with Crippen LogP contribution in [0.1, 0.15) is 5.76 Å². The Labute approximate surface area is 107 Å². The maximum atomic E-state index is 12.9. The quantitative estimate of drug-likeness (QED) is 0.766. The van der Waals surface area contributed by atoms with Crippen molar-refractivity contribution >= 4 is 0 Å². The Kier molecular flexibility index (Phi) is 2.56. The lowest BCUT2D eigenvalue weighted by atomic mass is 10.2. The van der Waals surface area contributed by atoms with E-state index in [0.717, 1.165) is 6.07 Å². The summed E-state index contributed by atoms with van der Waals surface area (Å²) in [7, 11) is 0. The monoisotopic (exact) mass is 260 g/mol. The highest BCUT2D eigenvalue weighted by molar-refractivity contribution is 5.65. The molecular formula is C13H9FN2O3. The second kappa shape index (κ2) is 4.24. The van der Waals surface area contributed by atoms with Crippen molar-refractivity contribution in [1.29, 1.82) is 0 Å². The third-order valence-corrected chi connectivity index (χ3v) is 2.72. The zero-order chi connectivity index (χ0) is 13.4. The van der Waals surface area contributed by atoms with E-state index in [1.54, 1.807) is 13.0 Å². The number of rotatable bonds is 2. The predicted molar refractivity (Wildman–Crippen MR) is 63.8 cm³/mol. The third kappa shape index (κ3) is 1.97. The molecule has 0 fully saturated rings. The van der Waals surface area contributed by atoms with Crippen LogP contribution in [0.15, 0.2) is 39.5 Å². The average Bonchev–Trinajstić information content (AvgIpc) is 2.97. The fourth-order valence-electron chi connectivity index (χ4n) is 1.74. The first kappa shape index (κ1) is 11.5. The maximum absolute atomic E-state index is 12.9. The van der Waals surface area contributed by atoms with Crippen LogP contribution >= 0.6 is 0 Å². The van der Waals surface area contributed by atoms with Gasteiger partial charge in [-0.15, -0.1) is 0 Å². The van der Waals surface area contributed by atoms with Crippen LogP contribution in [0.25, 0.3) is 22.8 Å². The van der Waals surface area contributed by atoms with Gasteiger partial charge in [-0.2, -0.15) is 4.98 Å². The van der Waals surface area contributed by atoms with E-state index in [-0.39, 0.29) is 17.2 Å². The molecule has 2 heterocycles. The topological polar surface area (TPSA) is 72.3 Å². The van der Waals surface area contributed by atoms with Crippen LogP contribution < -0.4 is 0 Å². The number of aryl methyl sites for hydroxylation is 1. The molecule has 0 aliphatic carbocycles. The normalized spacial score (nSPS) is 10.8. The van der Waals surface area contributed by atoms with Gasteiger partial charge < -0.3 is 14.0 Å². The molecule has 0 aliphatic rings. The van der Waals surface area contributed by atoms with Crippen molar-refractivity contribution in [2.45, 2.75) is 6.92 Å². The summed E-state index contributed by atoms with van der Waals surface area (Å²) in [5.41, 5.74) is 0.984. The number of hydrogen-bond acceptors (Lipinski definition) is 5. The van der Waals surface area contributed by atoms with Gasteiger partial charge >= 0.3 is 0 Å². The Morgan fingerprint density at radius 1 is 1.21 bits per heavy atom. The fraction of sp³-hybridized carbons (Fsp3) is 0.0769. The minimum atomic E-state index is -0.535. The molecule has 2 aromatic heterocycles. The van der Waals surface area contributed by atoms with Crippen LogP contribution in [-0.4, -0.2) is 15.2 Å². The van der Waals surface area contributed by atoms with E-state index in [2.05, 4.69) is 10.1 Å². The van der Waals surface area contributed by atoms with Crippen LogP contribution in [0.4, 0.5) is 4.39 Å². The van der Waals surface area contributed by atoms with Gasteiger partial charge in [-0.1, -0.05) is 5.16 Å². The number of phenols is 1. The first-order chi connectivity index (χ1) is 9.15. The number of halogens is 1. The van der Waals surface area contributed by atoms with Crippen molar-refractivity contribution in [2.75, 3.05) is 0 Å². The third-order valence-electron chi connectivity index (χ3n) is 2.72. The standard InChI is InChI=1S/C13H9FN2O3/c1-7-9(4-5-18-7)12-15-13(19-16-12)10-3-2-8(14)6-11(10)17/h2-6,17H,1H3. The number of aromatic hydroxyl groups is 1. The molecule has 0 unspecified atom stereocenters. The number of benzene rings is 1. The Morgan fingerprint density at radius 3 is 2.74 bits per heavy atom. The summed E-state index contributed by atoms with van der Waals surface area (Å²) in [6, 6.07) is 5.29. The van der Waals surface area contributed by atoms with Crippen LogP contribution in [0.5, 0.6) is 5.75 Å². The summed E-state index contributed by atoms with van der Waals surface area (Å²) in [4.78, 5) is 4.15. The number of nitrogens with zero attached hydrogens (tertiary/aromatic N) is 2. The molecule has 3 aromatic rings. The van der Waals surface area contributed by atoms with E-state index in [1.165, 1.54) is 18.4 Å². The molecule has 0 spiro atoms. The largest absolute Gasteiger partial charge is 0.507 e. The second-order valence-electron chi connectivity index (χ2n) is 3.98. The van der Waals surface area contributed by atoms with Gasteiger partial charge in [-0.3, -0.25) is 0 Å². The lowest BCUT2D eigenvalue weighted by Gasteiger charge is -1.98. The van der Waals surface area contributed by atoms with E-state index in [1.807, 2.05) is 0 Å². The summed E-state index contributed by atoms with van der Waals surface area (Å²) in [5, 5.41) is 13.5. The van der Waals surface area contributed by atoms with Gasteiger partial charge in [-0.05, 0) is 25.1 Å². The summed E-state index contributed by atoms with van der Waals surface area (Å²) in [6.45, 7) is 1.78. The van der Waals surface area contributed by atoms with E-state index >= 15 is 0 Å². The van der Waals surface area contributed by atoms with E-state index < -0.39 is 5.82 Å². The second-order valence-corrected chi connectivity index (χ2v) is 3.98. The number of furan rings is 1. The Bertz CT molecular complexity index is 733. The van der Waals surface area contributed by atoms with Gasteiger partial charge in [0.25, 0.3) is 5.89 Å². The van der Waals surface area contributed by atoms with Crippen molar-refractivity contribution in [3.63, 3.8) is 0 Å². The molecule has 0 saturated heterocycles. The van der Waals surface area contributed by atoms with E-state index in [4.69, 9.17) is 8.94 Å². The highest BCUT2D eigenvalue weighted by atomic mass is 19.1. The molecule has 1 N–H and O–H groups in total. The van der Waals surface area contributed by atoms with Gasteiger partial charge in [0.1, 0.15) is 17.3 Å². The predicted octanol–water partition coefficient (Wildman–Crippen LogP) is 3.15. The molecule has 96 valence electrons. The summed E-state index contributed by atoms with van der Waals surface area (Å²) in [6.07, 6.45) is 1.52. The van der Waals surface area contributed by atoms with Crippen molar-refractivity contribution in [2.24, 2.45) is 0 Å². The summed E-state index contributed by atoms with van der Waals surface area (Å²) >= 11 is 0. The molecule has 6 heteroatoms. The van der Waals surface area contributed by atoms with Gasteiger partial charge in [0.05, 0.1) is 17.4 Å². The number of hydrogen-bond donors (Lipinski definition) is 1. The molecular weight excluding hydrogens is 251 g/mol. The van der Waals surface area contributed by atoms with E-state index in [9.17, 15) is 9.50 Å². The van der Waals surface area contributed by atoms with Crippen LogP contribution in [0.2, 0.25) is 0 Å². The smallest absolute Gasteiger partial charge is 0.262 e. The summed E-state index contributed by atoms with van der Waals surface area (Å²) < 4.78 is 23.1. The van der Waals surface area contributed by atoms with Gasteiger partial charge in [-0.25, -0.2) is 4.39 Å². The summed E-state index contributed by atoms with van der Waals surface area (Å²) in [5.74, 6) is 0.347. The molecule has 0 atom stereocenters. The van der Waals surface area contributed by atoms with Crippen molar-refractivity contribution < 1.29 is 18.4 Å². The Morgan fingerprint density at radius 2 is 2.05 bits per heavy atom. The Hall–Kier alpha value is -2.63. The molecule has 0 aliphatic heterocycles. The van der Waals surface area contributed by atoms with E-state index in [0.29, 0.717) is 17.1 Å². The first-order valence-electron chi connectivity index (χ1n) is 5.52.